The molecule has 1 saturated heterocycles. The molecule has 2 aromatic rings. The Kier molecular flexibility index (Phi) is 6.13. The molecule has 4 heteroatoms. The van der Waals surface area contributed by atoms with Gasteiger partial charge >= 0.3 is 0 Å². The molecule has 2 aromatic carbocycles. The van der Waals surface area contributed by atoms with E-state index in [1.807, 2.05) is 42.5 Å². The summed E-state index contributed by atoms with van der Waals surface area (Å²) in [5, 5.41) is 20.8. The first-order valence-electron chi connectivity index (χ1n) is 10.2. The van der Waals surface area contributed by atoms with Gasteiger partial charge in [-0.05, 0) is 51.0 Å². The zero-order chi connectivity index (χ0) is 20.4. The molecule has 0 bridgehead atoms. The van der Waals surface area contributed by atoms with E-state index in [1.165, 1.54) is 10.5 Å². The van der Waals surface area contributed by atoms with Gasteiger partial charge in [0.2, 0.25) is 0 Å². The molecule has 28 heavy (non-hydrogen) atoms. The monoisotopic (exact) mass is 384 g/mol. The van der Waals surface area contributed by atoms with E-state index in [1.54, 1.807) is 0 Å². The summed E-state index contributed by atoms with van der Waals surface area (Å²) in [6.45, 7) is 9.55. The highest BCUT2D eigenvalue weighted by Crippen LogP contribution is 2.24. The fraction of sp³-hybridized carbons (Fsp3) is 0.500. The highest BCUT2D eigenvalue weighted by atomic mass is 16.5. The number of benzene rings is 2. The number of ether oxygens (including phenoxy) is 1. The van der Waals surface area contributed by atoms with E-state index in [9.17, 15) is 10.2 Å². The molecule has 152 valence electrons. The summed E-state index contributed by atoms with van der Waals surface area (Å²) >= 11 is 0. The Morgan fingerprint density at radius 1 is 0.929 bits per heavy atom. The number of piperidine rings is 1. The smallest absolute Gasteiger partial charge is 0.137 e. The van der Waals surface area contributed by atoms with Gasteiger partial charge in [0.05, 0.1) is 17.2 Å². The summed E-state index contributed by atoms with van der Waals surface area (Å²) in [5.41, 5.74) is 2.15. The predicted octanol–water partition coefficient (Wildman–Crippen LogP) is 2.69. The molecule has 1 atom stereocenters. The van der Waals surface area contributed by atoms with Crippen LogP contribution in [0.25, 0.3) is 11.1 Å². The molecule has 3 N–H and O–H groups in total. The minimum Gasteiger partial charge on any atom is -0.491 e. The number of hydrogen-bond acceptors (Lipinski definition) is 3. The number of quaternary nitrogens is 1. The van der Waals surface area contributed by atoms with Crippen molar-refractivity contribution in [1.82, 2.24) is 0 Å². The van der Waals surface area contributed by atoms with E-state index in [0.717, 1.165) is 24.2 Å². The van der Waals surface area contributed by atoms with Gasteiger partial charge in [-0.2, -0.15) is 0 Å². The molecule has 0 radical (unpaired) electrons. The summed E-state index contributed by atoms with van der Waals surface area (Å²) in [6, 6.07) is 18.2. The lowest BCUT2D eigenvalue weighted by Crippen LogP contribution is -3.27. The van der Waals surface area contributed by atoms with E-state index < -0.39 is 6.10 Å². The largest absolute Gasteiger partial charge is 0.491 e. The molecule has 0 unspecified atom stereocenters. The molecule has 0 amide bonds. The first-order chi connectivity index (χ1) is 13.2. The quantitative estimate of drug-likeness (QED) is 0.718. The molecule has 3 rings (SSSR count). The zero-order valence-electron chi connectivity index (χ0n) is 17.5. The molecule has 1 fully saturated rings. The molecule has 1 aliphatic rings. The first-order valence-corrected chi connectivity index (χ1v) is 10.2. The summed E-state index contributed by atoms with van der Waals surface area (Å²) < 4.78 is 5.84. The van der Waals surface area contributed by atoms with Crippen LogP contribution in [0.15, 0.2) is 54.6 Å². The van der Waals surface area contributed by atoms with Crippen molar-refractivity contribution in [3.05, 3.63) is 54.6 Å². The Labute approximate surface area is 168 Å². The molecule has 0 saturated carbocycles. The van der Waals surface area contributed by atoms with E-state index in [4.69, 9.17) is 4.74 Å². The third-order valence-electron chi connectivity index (χ3n) is 5.97. The first kappa shape index (κ1) is 20.8. The van der Waals surface area contributed by atoms with Gasteiger partial charge < -0.3 is 19.8 Å². The normalized spacial score (nSPS) is 24.5. The Hall–Kier alpha value is -1.88. The fourth-order valence-corrected chi connectivity index (χ4v) is 4.83. The third-order valence-corrected chi connectivity index (χ3v) is 5.97. The van der Waals surface area contributed by atoms with Crippen LogP contribution in [-0.2, 0) is 0 Å². The van der Waals surface area contributed by atoms with Gasteiger partial charge in [-0.25, -0.2) is 0 Å². The van der Waals surface area contributed by atoms with Crippen molar-refractivity contribution in [1.29, 1.82) is 0 Å². The van der Waals surface area contributed by atoms with E-state index in [2.05, 4.69) is 39.8 Å². The topological polar surface area (TPSA) is 54.1 Å². The Balaban J connectivity index is 1.57. The second-order valence-electron chi connectivity index (χ2n) is 9.37. The van der Waals surface area contributed by atoms with E-state index in [-0.39, 0.29) is 23.8 Å². The predicted molar refractivity (Wildman–Crippen MR) is 113 cm³/mol. The molecule has 1 heterocycles. The SMILES string of the molecule is CC1(C)CC(O)CC(C)(C)[NH+]1C[C@@H](O)COc1ccc(-c2ccccc2)cc1. The highest BCUT2D eigenvalue weighted by molar-refractivity contribution is 5.63. The van der Waals surface area contributed by atoms with Crippen molar-refractivity contribution in [2.75, 3.05) is 13.2 Å². The third kappa shape index (κ3) is 4.93. The summed E-state index contributed by atoms with van der Waals surface area (Å²) in [4.78, 5) is 1.32. The van der Waals surface area contributed by atoms with Crippen molar-refractivity contribution in [3.8, 4) is 16.9 Å². The summed E-state index contributed by atoms with van der Waals surface area (Å²) in [7, 11) is 0. The molecule has 4 nitrogen and oxygen atoms in total. The van der Waals surface area contributed by atoms with Crippen LogP contribution in [0.3, 0.4) is 0 Å². The van der Waals surface area contributed by atoms with Crippen LogP contribution < -0.4 is 9.64 Å². The van der Waals surface area contributed by atoms with Crippen molar-refractivity contribution in [2.24, 2.45) is 0 Å². The highest BCUT2D eigenvalue weighted by Gasteiger charge is 2.49. The maximum absolute atomic E-state index is 10.6. The van der Waals surface area contributed by atoms with Crippen molar-refractivity contribution in [3.63, 3.8) is 0 Å². The fourth-order valence-electron chi connectivity index (χ4n) is 4.83. The second-order valence-corrected chi connectivity index (χ2v) is 9.37. The lowest BCUT2D eigenvalue weighted by molar-refractivity contribution is -1.00. The molecule has 1 aliphatic heterocycles. The maximum Gasteiger partial charge on any atom is 0.137 e. The number of nitrogens with one attached hydrogen (secondary N) is 1. The molecular formula is C24H34NO3+. The number of hydrogen-bond donors (Lipinski definition) is 3. The lowest BCUT2D eigenvalue weighted by atomic mass is 9.78. The van der Waals surface area contributed by atoms with Crippen LogP contribution in [0.4, 0.5) is 0 Å². The van der Waals surface area contributed by atoms with Crippen LogP contribution >= 0.6 is 0 Å². The van der Waals surface area contributed by atoms with E-state index in [0.29, 0.717) is 6.54 Å². The zero-order valence-corrected chi connectivity index (χ0v) is 17.5. The average molecular weight is 385 g/mol. The summed E-state index contributed by atoms with van der Waals surface area (Å²) in [5.74, 6) is 0.765. The van der Waals surface area contributed by atoms with Gasteiger partial charge in [0.25, 0.3) is 0 Å². The molecular weight excluding hydrogens is 350 g/mol. The number of aliphatic hydroxyl groups is 2. The van der Waals surface area contributed by atoms with Crippen molar-refractivity contribution in [2.45, 2.75) is 63.8 Å². The van der Waals surface area contributed by atoms with Crippen LogP contribution in [0.2, 0.25) is 0 Å². The minimum atomic E-state index is -0.558. The van der Waals surface area contributed by atoms with Gasteiger partial charge in [0.15, 0.2) is 0 Å². The maximum atomic E-state index is 10.6. The van der Waals surface area contributed by atoms with Crippen molar-refractivity contribution >= 4 is 0 Å². The summed E-state index contributed by atoms with van der Waals surface area (Å²) in [6.07, 6.45) is 0.670. The van der Waals surface area contributed by atoms with Gasteiger partial charge in [-0.15, -0.1) is 0 Å². The molecule has 0 aliphatic carbocycles. The van der Waals surface area contributed by atoms with Gasteiger partial charge in [-0.1, -0.05) is 42.5 Å². The Bertz CT molecular complexity index is 737. The number of aliphatic hydroxyl groups excluding tert-OH is 2. The van der Waals surface area contributed by atoms with E-state index >= 15 is 0 Å². The number of rotatable bonds is 6. The minimum absolute atomic E-state index is 0.0839. The van der Waals surface area contributed by atoms with Crippen LogP contribution in [0, 0.1) is 0 Å². The van der Waals surface area contributed by atoms with Crippen LogP contribution in [-0.4, -0.2) is 46.7 Å². The van der Waals surface area contributed by atoms with Crippen molar-refractivity contribution < 1.29 is 19.8 Å². The van der Waals surface area contributed by atoms with Crippen LogP contribution in [0.1, 0.15) is 40.5 Å². The number of likely N-dealkylation sites (tertiary alicyclic amines) is 1. The van der Waals surface area contributed by atoms with Gasteiger partial charge in [0, 0.05) is 12.8 Å². The molecule has 0 aromatic heterocycles. The van der Waals surface area contributed by atoms with Crippen LogP contribution in [0.5, 0.6) is 5.75 Å². The Morgan fingerprint density at radius 3 is 2.04 bits per heavy atom. The lowest BCUT2D eigenvalue weighted by Gasteiger charge is -2.51. The standard InChI is InChI=1S/C24H33NO3/c1-23(2)14-20(26)15-24(3,4)25(23)16-21(27)17-28-22-12-10-19(11-13-22)18-8-6-5-7-9-18/h5-13,20-21,26-27H,14-17H2,1-4H3/p+1/t21-/m1/s1. The molecule has 0 spiro atoms. The van der Waals surface area contributed by atoms with Gasteiger partial charge in [0.1, 0.15) is 25.0 Å². The average Bonchev–Trinajstić information content (AvgIpc) is 2.63. The Morgan fingerprint density at radius 2 is 1.46 bits per heavy atom. The second kappa shape index (κ2) is 8.24. The van der Waals surface area contributed by atoms with Gasteiger partial charge in [-0.3, -0.25) is 0 Å².